The maximum absolute atomic E-state index is 12.4. The summed E-state index contributed by atoms with van der Waals surface area (Å²) in [6.45, 7) is 4.08. The maximum atomic E-state index is 12.4. The summed E-state index contributed by atoms with van der Waals surface area (Å²) < 4.78 is 4.90. The van der Waals surface area contributed by atoms with E-state index in [9.17, 15) is 9.59 Å². The standard InChI is InChI=1S/C17H20N2O4/c1-11(2)15-9-13(12-5-3-4-6-14(12)19-15)17(22)18-7-8-23-10-16(20)21/h3-6,9,11H,7-8,10H2,1-2H3,(H,18,22)(H,20,21). The summed E-state index contributed by atoms with van der Waals surface area (Å²) in [7, 11) is 0. The van der Waals surface area contributed by atoms with Crippen molar-refractivity contribution in [3.8, 4) is 0 Å². The van der Waals surface area contributed by atoms with E-state index in [1.165, 1.54) is 0 Å². The molecule has 6 heteroatoms. The molecule has 2 rings (SSSR count). The molecule has 0 fully saturated rings. The topological polar surface area (TPSA) is 88.5 Å². The highest BCUT2D eigenvalue weighted by Crippen LogP contribution is 2.22. The molecule has 0 unspecified atom stereocenters. The molecule has 1 heterocycles. The molecule has 0 saturated carbocycles. The Morgan fingerprint density at radius 1 is 1.30 bits per heavy atom. The van der Waals surface area contributed by atoms with Gasteiger partial charge >= 0.3 is 5.97 Å². The SMILES string of the molecule is CC(C)c1cc(C(=O)NCCOCC(=O)O)c2ccccc2n1. The molecular formula is C17H20N2O4. The highest BCUT2D eigenvalue weighted by Gasteiger charge is 2.14. The van der Waals surface area contributed by atoms with E-state index < -0.39 is 5.97 Å². The fourth-order valence-corrected chi connectivity index (χ4v) is 2.17. The number of pyridine rings is 1. The van der Waals surface area contributed by atoms with Gasteiger partial charge < -0.3 is 15.2 Å². The largest absolute Gasteiger partial charge is 0.480 e. The summed E-state index contributed by atoms with van der Waals surface area (Å²) in [6, 6.07) is 9.31. The average Bonchev–Trinajstić information content (AvgIpc) is 2.52. The molecule has 0 saturated heterocycles. The number of aliphatic carboxylic acids is 1. The Morgan fingerprint density at radius 3 is 2.74 bits per heavy atom. The van der Waals surface area contributed by atoms with Gasteiger partial charge in [-0.05, 0) is 18.1 Å². The van der Waals surface area contributed by atoms with Gasteiger partial charge in [0.2, 0.25) is 0 Å². The minimum atomic E-state index is -1.03. The number of carboxylic acid groups (broad SMARTS) is 1. The first-order valence-corrected chi connectivity index (χ1v) is 7.46. The molecule has 1 aromatic carbocycles. The molecule has 0 aliphatic heterocycles. The van der Waals surface area contributed by atoms with E-state index in [0.717, 1.165) is 16.6 Å². The lowest BCUT2D eigenvalue weighted by Crippen LogP contribution is -2.28. The third-order valence-corrected chi connectivity index (χ3v) is 3.33. The predicted molar refractivity (Wildman–Crippen MR) is 86.6 cm³/mol. The van der Waals surface area contributed by atoms with E-state index >= 15 is 0 Å². The normalized spacial score (nSPS) is 10.9. The van der Waals surface area contributed by atoms with Crippen LogP contribution in [0.4, 0.5) is 0 Å². The minimum Gasteiger partial charge on any atom is -0.480 e. The number of rotatable bonds is 7. The second-order valence-corrected chi connectivity index (χ2v) is 5.47. The summed E-state index contributed by atoms with van der Waals surface area (Å²) in [6.07, 6.45) is 0. The lowest BCUT2D eigenvalue weighted by molar-refractivity contribution is -0.142. The molecule has 0 spiro atoms. The van der Waals surface area contributed by atoms with Crippen LogP contribution in [0.2, 0.25) is 0 Å². The van der Waals surface area contributed by atoms with Crippen molar-refractivity contribution < 1.29 is 19.4 Å². The van der Waals surface area contributed by atoms with E-state index in [-0.39, 0.29) is 31.6 Å². The number of nitrogens with zero attached hydrogens (tertiary/aromatic N) is 1. The molecule has 1 aromatic heterocycles. The number of carbonyl (C=O) groups is 2. The highest BCUT2D eigenvalue weighted by molar-refractivity contribution is 6.06. The van der Waals surface area contributed by atoms with Gasteiger partial charge in [-0.25, -0.2) is 4.79 Å². The number of nitrogens with one attached hydrogen (secondary N) is 1. The van der Waals surface area contributed by atoms with Crippen LogP contribution in [0.1, 0.15) is 35.8 Å². The number of carbonyl (C=O) groups excluding carboxylic acids is 1. The van der Waals surface area contributed by atoms with Gasteiger partial charge in [0.05, 0.1) is 17.7 Å². The summed E-state index contributed by atoms with van der Waals surface area (Å²) in [5, 5.41) is 12.0. The van der Waals surface area contributed by atoms with E-state index in [1.807, 2.05) is 38.1 Å². The van der Waals surface area contributed by atoms with Crippen molar-refractivity contribution in [1.29, 1.82) is 0 Å². The van der Waals surface area contributed by atoms with Crippen LogP contribution in [0.25, 0.3) is 10.9 Å². The monoisotopic (exact) mass is 316 g/mol. The highest BCUT2D eigenvalue weighted by atomic mass is 16.5. The molecule has 6 nitrogen and oxygen atoms in total. The van der Waals surface area contributed by atoms with Crippen LogP contribution in [0.5, 0.6) is 0 Å². The number of para-hydroxylation sites is 1. The van der Waals surface area contributed by atoms with Gasteiger partial charge in [0.1, 0.15) is 6.61 Å². The van der Waals surface area contributed by atoms with Gasteiger partial charge in [-0.3, -0.25) is 9.78 Å². The molecule has 0 radical (unpaired) electrons. The molecule has 2 aromatic rings. The molecule has 122 valence electrons. The Hall–Kier alpha value is -2.47. The van der Waals surface area contributed by atoms with E-state index in [2.05, 4.69) is 10.3 Å². The molecule has 0 aliphatic carbocycles. The zero-order chi connectivity index (χ0) is 16.8. The van der Waals surface area contributed by atoms with Crippen LogP contribution in [-0.2, 0) is 9.53 Å². The second kappa shape index (κ2) is 7.69. The Kier molecular flexibility index (Phi) is 5.65. The van der Waals surface area contributed by atoms with Crippen LogP contribution in [0.3, 0.4) is 0 Å². The van der Waals surface area contributed by atoms with Crippen LogP contribution < -0.4 is 5.32 Å². The van der Waals surface area contributed by atoms with Crippen molar-refractivity contribution >= 4 is 22.8 Å². The summed E-state index contributed by atoms with van der Waals surface area (Å²) in [5.74, 6) is -1.03. The minimum absolute atomic E-state index is 0.151. The lowest BCUT2D eigenvalue weighted by Gasteiger charge is -2.12. The number of hydrogen-bond acceptors (Lipinski definition) is 4. The third kappa shape index (κ3) is 4.50. The summed E-state index contributed by atoms with van der Waals surface area (Å²) in [5.41, 5.74) is 2.21. The summed E-state index contributed by atoms with van der Waals surface area (Å²) in [4.78, 5) is 27.3. The van der Waals surface area contributed by atoms with Gasteiger partial charge in [0.15, 0.2) is 0 Å². The van der Waals surface area contributed by atoms with E-state index in [1.54, 1.807) is 6.07 Å². The number of fused-ring (bicyclic) bond motifs is 1. The van der Waals surface area contributed by atoms with Crippen molar-refractivity contribution in [1.82, 2.24) is 10.3 Å². The molecule has 0 atom stereocenters. The molecule has 1 amide bonds. The molecule has 0 bridgehead atoms. The summed E-state index contributed by atoms with van der Waals surface area (Å²) >= 11 is 0. The zero-order valence-corrected chi connectivity index (χ0v) is 13.2. The zero-order valence-electron chi connectivity index (χ0n) is 13.2. The van der Waals surface area contributed by atoms with Crippen LogP contribution in [-0.4, -0.2) is 41.7 Å². The lowest BCUT2D eigenvalue weighted by atomic mass is 10.0. The van der Waals surface area contributed by atoms with Crippen molar-refractivity contribution in [2.24, 2.45) is 0 Å². The first kappa shape index (κ1) is 16.9. The smallest absolute Gasteiger partial charge is 0.329 e. The number of hydrogen-bond donors (Lipinski definition) is 2. The van der Waals surface area contributed by atoms with Crippen molar-refractivity contribution in [2.75, 3.05) is 19.8 Å². The second-order valence-electron chi connectivity index (χ2n) is 5.47. The Labute approximate surface area is 134 Å². The third-order valence-electron chi connectivity index (χ3n) is 3.33. The van der Waals surface area contributed by atoms with Crippen molar-refractivity contribution in [3.05, 3.63) is 41.6 Å². The quantitative estimate of drug-likeness (QED) is 0.764. The Balaban J connectivity index is 2.14. The number of ether oxygens (including phenoxy) is 1. The average molecular weight is 316 g/mol. The van der Waals surface area contributed by atoms with Crippen molar-refractivity contribution in [3.63, 3.8) is 0 Å². The van der Waals surface area contributed by atoms with Gasteiger partial charge in [-0.2, -0.15) is 0 Å². The van der Waals surface area contributed by atoms with Crippen LogP contribution >= 0.6 is 0 Å². The Morgan fingerprint density at radius 2 is 2.04 bits per heavy atom. The van der Waals surface area contributed by atoms with E-state index in [0.29, 0.717) is 5.56 Å². The maximum Gasteiger partial charge on any atom is 0.329 e. The fourth-order valence-electron chi connectivity index (χ4n) is 2.17. The first-order chi connectivity index (χ1) is 11.0. The van der Waals surface area contributed by atoms with Gasteiger partial charge in [-0.15, -0.1) is 0 Å². The Bertz CT molecular complexity index is 713. The molecule has 23 heavy (non-hydrogen) atoms. The molecular weight excluding hydrogens is 296 g/mol. The van der Waals surface area contributed by atoms with Gasteiger partial charge in [0, 0.05) is 17.6 Å². The fraction of sp³-hybridized carbons (Fsp3) is 0.353. The van der Waals surface area contributed by atoms with Gasteiger partial charge in [-0.1, -0.05) is 32.0 Å². The molecule has 2 N–H and O–H groups in total. The van der Waals surface area contributed by atoms with E-state index in [4.69, 9.17) is 9.84 Å². The number of aromatic nitrogens is 1. The number of amides is 1. The van der Waals surface area contributed by atoms with Crippen molar-refractivity contribution in [2.45, 2.75) is 19.8 Å². The van der Waals surface area contributed by atoms with Gasteiger partial charge in [0.25, 0.3) is 5.91 Å². The predicted octanol–water partition coefficient (Wildman–Crippen LogP) is 2.19. The number of benzene rings is 1. The van der Waals surface area contributed by atoms with Crippen LogP contribution in [0.15, 0.2) is 30.3 Å². The molecule has 0 aliphatic rings. The first-order valence-electron chi connectivity index (χ1n) is 7.46. The number of carboxylic acids is 1. The van der Waals surface area contributed by atoms with Crippen LogP contribution in [0, 0.1) is 0 Å².